The molecular weight excluding hydrogens is 234 g/mol. The highest BCUT2D eigenvalue weighted by molar-refractivity contribution is 6.30. The molecular formula is C14H10ClNO. The van der Waals surface area contributed by atoms with Gasteiger partial charge in [0.1, 0.15) is 12.4 Å². The molecule has 2 aromatic rings. The van der Waals surface area contributed by atoms with Gasteiger partial charge in [-0.25, -0.2) is 0 Å². The standard InChI is InChI=1S/C14H10ClNO/c15-13-6-12(9-16)7-14(8-13)17-10-11-4-2-1-3-5-11/h1-8H,10H2. The van der Waals surface area contributed by atoms with Gasteiger partial charge in [0, 0.05) is 5.02 Å². The number of nitriles is 1. The van der Waals surface area contributed by atoms with Crippen LogP contribution < -0.4 is 4.74 Å². The molecule has 0 unspecified atom stereocenters. The van der Waals surface area contributed by atoms with Gasteiger partial charge < -0.3 is 4.74 Å². The first kappa shape index (κ1) is 11.5. The van der Waals surface area contributed by atoms with E-state index in [1.807, 2.05) is 36.4 Å². The molecule has 0 aliphatic carbocycles. The predicted molar refractivity (Wildman–Crippen MR) is 66.9 cm³/mol. The third-order valence-corrected chi connectivity index (χ3v) is 2.47. The first-order chi connectivity index (χ1) is 8.28. The van der Waals surface area contributed by atoms with Crippen LogP contribution in [-0.4, -0.2) is 0 Å². The molecule has 0 amide bonds. The van der Waals surface area contributed by atoms with E-state index in [4.69, 9.17) is 21.6 Å². The molecule has 0 aliphatic rings. The molecule has 0 N–H and O–H groups in total. The number of benzene rings is 2. The van der Waals surface area contributed by atoms with Crippen LogP contribution in [0.2, 0.25) is 5.02 Å². The van der Waals surface area contributed by atoms with Gasteiger partial charge in [0.25, 0.3) is 0 Å². The molecule has 0 atom stereocenters. The lowest BCUT2D eigenvalue weighted by atomic mass is 10.2. The molecule has 0 heterocycles. The monoisotopic (exact) mass is 243 g/mol. The highest BCUT2D eigenvalue weighted by Gasteiger charge is 2.00. The summed E-state index contributed by atoms with van der Waals surface area (Å²) in [7, 11) is 0. The molecule has 0 saturated heterocycles. The number of hydrogen-bond acceptors (Lipinski definition) is 2. The van der Waals surface area contributed by atoms with E-state index in [-0.39, 0.29) is 0 Å². The Bertz CT molecular complexity index is 546. The van der Waals surface area contributed by atoms with Crippen molar-refractivity contribution in [1.82, 2.24) is 0 Å². The topological polar surface area (TPSA) is 33.0 Å². The zero-order valence-electron chi connectivity index (χ0n) is 9.06. The second-order valence-corrected chi connectivity index (χ2v) is 4.00. The van der Waals surface area contributed by atoms with Gasteiger partial charge in [0.15, 0.2) is 0 Å². The van der Waals surface area contributed by atoms with Crippen molar-refractivity contribution in [3.8, 4) is 11.8 Å². The van der Waals surface area contributed by atoms with Crippen LogP contribution in [0.3, 0.4) is 0 Å². The summed E-state index contributed by atoms with van der Waals surface area (Å²) in [6.45, 7) is 0.464. The van der Waals surface area contributed by atoms with E-state index < -0.39 is 0 Å². The zero-order chi connectivity index (χ0) is 12.1. The highest BCUT2D eigenvalue weighted by Crippen LogP contribution is 2.21. The van der Waals surface area contributed by atoms with E-state index in [0.717, 1.165) is 5.56 Å². The van der Waals surface area contributed by atoms with Crippen LogP contribution in [-0.2, 0) is 6.61 Å². The molecule has 2 nitrogen and oxygen atoms in total. The third-order valence-electron chi connectivity index (χ3n) is 2.25. The zero-order valence-corrected chi connectivity index (χ0v) is 9.82. The minimum atomic E-state index is 0.464. The van der Waals surface area contributed by atoms with Gasteiger partial charge in [0.2, 0.25) is 0 Å². The predicted octanol–water partition coefficient (Wildman–Crippen LogP) is 3.79. The summed E-state index contributed by atoms with van der Waals surface area (Å²) in [4.78, 5) is 0. The molecule has 0 spiro atoms. The molecule has 0 fully saturated rings. The van der Waals surface area contributed by atoms with Crippen molar-refractivity contribution in [2.75, 3.05) is 0 Å². The molecule has 2 rings (SSSR count). The number of nitrogens with zero attached hydrogens (tertiary/aromatic N) is 1. The number of ether oxygens (including phenoxy) is 1. The van der Waals surface area contributed by atoms with Gasteiger partial charge in [-0.05, 0) is 23.8 Å². The van der Waals surface area contributed by atoms with Crippen LogP contribution in [0.1, 0.15) is 11.1 Å². The minimum absolute atomic E-state index is 0.464. The van der Waals surface area contributed by atoms with Gasteiger partial charge in [-0.1, -0.05) is 41.9 Å². The normalized spacial score (nSPS) is 9.65. The molecule has 0 saturated carbocycles. The van der Waals surface area contributed by atoms with Gasteiger partial charge in [0.05, 0.1) is 11.6 Å². The van der Waals surface area contributed by atoms with Gasteiger partial charge in [-0.2, -0.15) is 5.26 Å². The molecule has 0 aliphatic heterocycles. The quantitative estimate of drug-likeness (QED) is 0.822. The summed E-state index contributed by atoms with van der Waals surface area (Å²) in [5.74, 6) is 0.609. The summed E-state index contributed by atoms with van der Waals surface area (Å²) >= 11 is 5.88. The van der Waals surface area contributed by atoms with Crippen LogP contribution in [0.25, 0.3) is 0 Å². The van der Waals surface area contributed by atoms with Gasteiger partial charge in [-0.3, -0.25) is 0 Å². The van der Waals surface area contributed by atoms with Crippen molar-refractivity contribution in [3.05, 3.63) is 64.7 Å². The minimum Gasteiger partial charge on any atom is -0.489 e. The summed E-state index contributed by atoms with van der Waals surface area (Å²) in [5.41, 5.74) is 1.58. The number of rotatable bonds is 3. The van der Waals surface area contributed by atoms with Crippen LogP contribution in [0.4, 0.5) is 0 Å². The SMILES string of the molecule is N#Cc1cc(Cl)cc(OCc2ccccc2)c1. The van der Waals surface area contributed by atoms with Crippen LogP contribution in [0, 0.1) is 11.3 Å². The Morgan fingerprint density at radius 2 is 1.88 bits per heavy atom. The Morgan fingerprint density at radius 3 is 2.59 bits per heavy atom. The molecule has 84 valence electrons. The average molecular weight is 244 g/mol. The van der Waals surface area contributed by atoms with E-state index in [1.165, 1.54) is 0 Å². The summed E-state index contributed by atoms with van der Waals surface area (Å²) in [5, 5.41) is 9.31. The van der Waals surface area contributed by atoms with E-state index in [9.17, 15) is 0 Å². The molecule has 0 bridgehead atoms. The fourth-order valence-corrected chi connectivity index (χ4v) is 1.68. The molecule has 0 radical (unpaired) electrons. The smallest absolute Gasteiger partial charge is 0.122 e. The van der Waals surface area contributed by atoms with Gasteiger partial charge >= 0.3 is 0 Å². The lowest BCUT2D eigenvalue weighted by Crippen LogP contribution is -1.95. The van der Waals surface area contributed by atoms with E-state index in [1.54, 1.807) is 18.2 Å². The summed E-state index contributed by atoms with van der Waals surface area (Å²) in [6, 6.07) is 16.9. The number of halogens is 1. The lowest BCUT2D eigenvalue weighted by Gasteiger charge is -2.06. The maximum absolute atomic E-state index is 8.81. The molecule has 17 heavy (non-hydrogen) atoms. The maximum Gasteiger partial charge on any atom is 0.122 e. The fraction of sp³-hybridized carbons (Fsp3) is 0.0714. The second kappa shape index (κ2) is 5.38. The Balaban J connectivity index is 2.10. The Kier molecular flexibility index (Phi) is 3.64. The summed E-state index contributed by atoms with van der Waals surface area (Å²) in [6.07, 6.45) is 0. The van der Waals surface area contributed by atoms with Crippen molar-refractivity contribution in [3.63, 3.8) is 0 Å². The molecule has 0 aromatic heterocycles. The fourth-order valence-electron chi connectivity index (χ4n) is 1.45. The van der Waals surface area contributed by atoms with Crippen LogP contribution in [0.5, 0.6) is 5.75 Å². The number of hydrogen-bond donors (Lipinski definition) is 0. The average Bonchev–Trinajstić information content (AvgIpc) is 2.37. The maximum atomic E-state index is 8.81. The van der Waals surface area contributed by atoms with Crippen molar-refractivity contribution >= 4 is 11.6 Å². The van der Waals surface area contributed by atoms with E-state index >= 15 is 0 Å². The first-order valence-corrected chi connectivity index (χ1v) is 5.53. The van der Waals surface area contributed by atoms with E-state index in [2.05, 4.69) is 0 Å². The van der Waals surface area contributed by atoms with Crippen molar-refractivity contribution in [2.24, 2.45) is 0 Å². The third kappa shape index (κ3) is 3.24. The Labute approximate surface area is 105 Å². The lowest BCUT2D eigenvalue weighted by molar-refractivity contribution is 0.306. The second-order valence-electron chi connectivity index (χ2n) is 3.56. The van der Waals surface area contributed by atoms with Crippen molar-refractivity contribution < 1.29 is 4.74 Å². The molecule has 3 heteroatoms. The van der Waals surface area contributed by atoms with Crippen molar-refractivity contribution in [1.29, 1.82) is 5.26 Å². The van der Waals surface area contributed by atoms with Crippen LogP contribution >= 0.6 is 11.6 Å². The highest BCUT2D eigenvalue weighted by atomic mass is 35.5. The van der Waals surface area contributed by atoms with Crippen molar-refractivity contribution in [2.45, 2.75) is 6.61 Å². The van der Waals surface area contributed by atoms with E-state index in [0.29, 0.717) is 22.9 Å². The Morgan fingerprint density at radius 1 is 1.12 bits per heavy atom. The molecule has 2 aromatic carbocycles. The Hall–Kier alpha value is -1.98. The largest absolute Gasteiger partial charge is 0.489 e. The van der Waals surface area contributed by atoms with Gasteiger partial charge in [-0.15, -0.1) is 0 Å². The summed E-state index contributed by atoms with van der Waals surface area (Å²) < 4.78 is 5.58. The first-order valence-electron chi connectivity index (χ1n) is 5.15. The van der Waals surface area contributed by atoms with Crippen LogP contribution in [0.15, 0.2) is 48.5 Å².